The number of hydrogen-bond acceptors (Lipinski definition) is 2. The summed E-state index contributed by atoms with van der Waals surface area (Å²) in [5.74, 6) is -0.147. The van der Waals surface area contributed by atoms with Gasteiger partial charge in [0.2, 0.25) is 0 Å². The van der Waals surface area contributed by atoms with Crippen molar-refractivity contribution in [2.45, 2.75) is 52.0 Å². The van der Waals surface area contributed by atoms with Crippen molar-refractivity contribution in [1.82, 2.24) is 0 Å². The fraction of sp³-hybridized carbons (Fsp3) is 0.458. The van der Waals surface area contributed by atoms with E-state index in [1.54, 1.807) is 20.3 Å². The summed E-state index contributed by atoms with van der Waals surface area (Å²) < 4.78 is 40.3. The van der Waals surface area contributed by atoms with Gasteiger partial charge in [0.05, 0.1) is 14.2 Å². The maximum atomic E-state index is 13.7. The van der Waals surface area contributed by atoms with Crippen LogP contribution in [0.25, 0.3) is 0 Å². The molecule has 0 unspecified atom stereocenters. The highest BCUT2D eigenvalue weighted by Crippen LogP contribution is 2.33. The average Bonchev–Trinajstić information content (AvgIpc) is 2.73. The Bertz CT molecular complexity index is 899. The molecule has 0 fully saturated rings. The number of fused-ring (bicyclic) bond motifs is 1. The van der Waals surface area contributed by atoms with E-state index in [1.165, 1.54) is 48.2 Å². The largest absolute Gasteiger partial charge is 1.00 e. The third kappa shape index (κ3) is 5.51. The van der Waals surface area contributed by atoms with Crippen molar-refractivity contribution in [2.75, 3.05) is 20.8 Å². The minimum atomic E-state index is -0.807. The summed E-state index contributed by atoms with van der Waals surface area (Å²) in [7, 11) is 3.30. The van der Waals surface area contributed by atoms with Crippen LogP contribution in [0.4, 0.5) is 8.78 Å². The van der Waals surface area contributed by atoms with E-state index < -0.39 is 11.6 Å². The maximum Gasteiger partial charge on any atom is 0.184 e. The van der Waals surface area contributed by atoms with Gasteiger partial charge >= 0.3 is 0 Å². The number of hydrogen-bond donors (Lipinski definition) is 0. The summed E-state index contributed by atoms with van der Waals surface area (Å²) in [5.41, 5.74) is 4.44. The Hall–Kier alpha value is -2.14. The monoisotopic (exact) mass is 437 g/mol. The number of ether oxygens (including phenoxy) is 2. The second-order valence-corrected chi connectivity index (χ2v) is 7.54. The molecule has 0 atom stereocenters. The first-order valence-corrected chi connectivity index (χ1v) is 10.4. The molecule has 0 bridgehead atoms. The first-order chi connectivity index (χ1) is 14.1. The van der Waals surface area contributed by atoms with Gasteiger partial charge in [-0.3, -0.25) is 0 Å². The molecule has 3 rings (SSSR count). The van der Waals surface area contributed by atoms with Crippen LogP contribution in [0.1, 0.15) is 55.7 Å². The number of nitrogens with zero attached hydrogens (tertiary/aromatic N) is 1. The van der Waals surface area contributed by atoms with Crippen LogP contribution in [0.5, 0.6) is 11.5 Å². The fourth-order valence-electron chi connectivity index (χ4n) is 4.00. The van der Waals surface area contributed by atoms with E-state index in [0.717, 1.165) is 37.1 Å². The molecule has 1 heterocycles. The smallest absolute Gasteiger partial charge is 0.184 e. The summed E-state index contributed by atoms with van der Waals surface area (Å²) in [6.07, 6.45) is 6.52. The summed E-state index contributed by atoms with van der Waals surface area (Å²) in [6, 6.07) is 8.29. The SMILES string of the molecule is CCCCCCC1=[N+](Cc2ccc(F)c(F)c2)CCc2cc(OC)c(OC)cc21.[Cl-]. The Morgan fingerprint density at radius 2 is 1.67 bits per heavy atom. The maximum absolute atomic E-state index is 13.7. The lowest BCUT2D eigenvalue weighted by atomic mass is 9.92. The number of unbranched alkanes of at least 4 members (excludes halogenated alkanes) is 3. The van der Waals surface area contributed by atoms with Gasteiger partial charge in [0.25, 0.3) is 0 Å². The van der Waals surface area contributed by atoms with E-state index in [1.807, 2.05) is 0 Å². The van der Waals surface area contributed by atoms with E-state index in [2.05, 4.69) is 23.6 Å². The molecular weight excluding hydrogens is 408 g/mol. The number of halogens is 3. The van der Waals surface area contributed by atoms with Gasteiger partial charge in [-0.05, 0) is 42.3 Å². The van der Waals surface area contributed by atoms with E-state index >= 15 is 0 Å². The fourth-order valence-corrected chi connectivity index (χ4v) is 4.00. The number of methoxy groups -OCH3 is 2. The molecule has 0 radical (unpaired) electrons. The molecule has 0 N–H and O–H groups in total. The highest BCUT2D eigenvalue weighted by Gasteiger charge is 2.27. The first kappa shape index (κ1) is 24.1. The lowest BCUT2D eigenvalue weighted by Gasteiger charge is -2.21. The van der Waals surface area contributed by atoms with Crippen LogP contribution in [0, 0.1) is 11.6 Å². The normalized spacial score (nSPS) is 13.0. The molecular formula is C24H30ClF2NO2. The third-order valence-electron chi connectivity index (χ3n) is 5.58. The van der Waals surface area contributed by atoms with Crippen LogP contribution in [-0.2, 0) is 13.0 Å². The molecule has 164 valence electrons. The Morgan fingerprint density at radius 3 is 2.33 bits per heavy atom. The standard InChI is InChI=1S/C24H30F2NO2.ClH/c1-4-5-6-7-8-22-19-15-24(29-3)23(28-2)14-18(19)11-12-27(22)16-17-9-10-20(25)21(26)13-17;/h9-10,13-15H,4-8,11-12,16H2,1-3H3;1H/q+1;/p-1. The summed E-state index contributed by atoms with van der Waals surface area (Å²) in [4.78, 5) is 0. The zero-order chi connectivity index (χ0) is 20.8. The minimum absolute atomic E-state index is 0. The summed E-state index contributed by atoms with van der Waals surface area (Å²) in [5, 5.41) is 0. The molecule has 6 heteroatoms. The van der Waals surface area contributed by atoms with Crippen molar-refractivity contribution in [1.29, 1.82) is 0 Å². The summed E-state index contributed by atoms with van der Waals surface area (Å²) in [6.45, 7) is 3.61. The van der Waals surface area contributed by atoms with Gasteiger partial charge in [0, 0.05) is 24.0 Å². The highest BCUT2D eigenvalue weighted by atomic mass is 35.5. The van der Waals surface area contributed by atoms with Crippen LogP contribution in [0.2, 0.25) is 0 Å². The van der Waals surface area contributed by atoms with E-state index in [-0.39, 0.29) is 12.4 Å². The molecule has 3 nitrogen and oxygen atoms in total. The molecule has 0 saturated carbocycles. The average molecular weight is 438 g/mol. The molecule has 2 aromatic rings. The minimum Gasteiger partial charge on any atom is -1.00 e. The van der Waals surface area contributed by atoms with Crippen molar-refractivity contribution in [3.8, 4) is 11.5 Å². The van der Waals surface area contributed by atoms with Crippen LogP contribution in [-0.4, -0.2) is 31.1 Å². The predicted octanol–water partition coefficient (Wildman–Crippen LogP) is 2.51. The Balaban J connectivity index is 0.00000320. The number of rotatable bonds is 9. The molecule has 0 aromatic heterocycles. The molecule has 0 aliphatic carbocycles. The molecule has 2 aromatic carbocycles. The van der Waals surface area contributed by atoms with Crippen molar-refractivity contribution in [3.63, 3.8) is 0 Å². The Morgan fingerprint density at radius 1 is 0.933 bits per heavy atom. The van der Waals surface area contributed by atoms with Gasteiger partial charge in [-0.2, -0.15) is 0 Å². The van der Waals surface area contributed by atoms with Crippen LogP contribution in [0.15, 0.2) is 30.3 Å². The van der Waals surface area contributed by atoms with Crippen molar-refractivity contribution < 1.29 is 35.2 Å². The van der Waals surface area contributed by atoms with Crippen LogP contribution >= 0.6 is 0 Å². The van der Waals surface area contributed by atoms with E-state index in [0.29, 0.717) is 12.3 Å². The van der Waals surface area contributed by atoms with Gasteiger partial charge in [-0.15, -0.1) is 0 Å². The van der Waals surface area contributed by atoms with E-state index in [4.69, 9.17) is 9.47 Å². The predicted molar refractivity (Wildman–Crippen MR) is 111 cm³/mol. The van der Waals surface area contributed by atoms with Crippen LogP contribution < -0.4 is 21.9 Å². The molecule has 0 amide bonds. The lowest BCUT2D eigenvalue weighted by molar-refractivity contribution is -0.545. The second-order valence-electron chi connectivity index (χ2n) is 7.54. The zero-order valence-electron chi connectivity index (χ0n) is 17.9. The molecule has 1 aliphatic heterocycles. The van der Waals surface area contributed by atoms with Gasteiger partial charge in [0.1, 0.15) is 6.54 Å². The van der Waals surface area contributed by atoms with Crippen LogP contribution in [0.3, 0.4) is 0 Å². The topological polar surface area (TPSA) is 21.5 Å². The quantitative estimate of drug-likeness (QED) is 0.444. The number of benzene rings is 2. The lowest BCUT2D eigenvalue weighted by Crippen LogP contribution is -3.00. The first-order valence-electron chi connectivity index (χ1n) is 10.4. The van der Waals surface area contributed by atoms with Gasteiger partial charge < -0.3 is 21.9 Å². The van der Waals surface area contributed by atoms with Crippen molar-refractivity contribution in [3.05, 3.63) is 58.7 Å². The molecule has 0 saturated heterocycles. The van der Waals surface area contributed by atoms with Crippen molar-refractivity contribution >= 4 is 5.71 Å². The molecule has 1 aliphatic rings. The second kappa shape index (κ2) is 11.3. The Labute approximate surface area is 184 Å². The zero-order valence-corrected chi connectivity index (χ0v) is 18.7. The van der Waals surface area contributed by atoms with E-state index in [9.17, 15) is 8.78 Å². The van der Waals surface area contributed by atoms with Gasteiger partial charge in [-0.25, -0.2) is 13.4 Å². The molecule has 0 spiro atoms. The Kier molecular flexibility index (Phi) is 9.09. The van der Waals surface area contributed by atoms with Gasteiger partial charge in [0.15, 0.2) is 35.4 Å². The summed E-state index contributed by atoms with van der Waals surface area (Å²) >= 11 is 0. The highest BCUT2D eigenvalue weighted by molar-refractivity contribution is 5.99. The molecule has 30 heavy (non-hydrogen) atoms. The van der Waals surface area contributed by atoms with Crippen molar-refractivity contribution in [2.24, 2.45) is 0 Å². The van der Waals surface area contributed by atoms with Gasteiger partial charge in [-0.1, -0.05) is 26.2 Å². The third-order valence-corrected chi connectivity index (χ3v) is 5.58.